The van der Waals surface area contributed by atoms with E-state index in [1.807, 2.05) is 0 Å². The number of benzene rings is 1. The van der Waals surface area contributed by atoms with E-state index in [1.165, 1.54) is 26.0 Å². The van der Waals surface area contributed by atoms with Crippen LogP contribution in [-0.4, -0.2) is 155 Å². The summed E-state index contributed by atoms with van der Waals surface area (Å²) in [6.07, 6.45) is -2.75. The number of aliphatic hydroxyl groups is 3. The van der Waals surface area contributed by atoms with Gasteiger partial charge in [0.2, 0.25) is 53.2 Å². The molecule has 25 heteroatoms. The van der Waals surface area contributed by atoms with Crippen molar-refractivity contribution < 1.29 is 58.5 Å². The summed E-state index contributed by atoms with van der Waals surface area (Å²) < 4.78 is 0. The summed E-state index contributed by atoms with van der Waals surface area (Å²) in [6, 6.07) is -5.75. The first-order valence-corrected chi connectivity index (χ1v) is 23.4. The molecule has 1 unspecified atom stereocenters. The number of aliphatic imine (C=N–C) groups is 1. The summed E-state index contributed by atoms with van der Waals surface area (Å²) >= 11 is 0. The maximum absolute atomic E-state index is 14.3. The highest BCUT2D eigenvalue weighted by molar-refractivity contribution is 5.98. The van der Waals surface area contributed by atoms with Crippen molar-refractivity contribution >= 4 is 59.1 Å². The van der Waals surface area contributed by atoms with Crippen molar-refractivity contribution in [2.24, 2.45) is 39.9 Å². The van der Waals surface area contributed by atoms with Gasteiger partial charge in [-0.15, -0.1) is 0 Å². The zero-order valence-corrected chi connectivity index (χ0v) is 41.1. The first kappa shape index (κ1) is 59.7. The van der Waals surface area contributed by atoms with Gasteiger partial charge in [0.15, 0.2) is 5.96 Å². The van der Waals surface area contributed by atoms with Gasteiger partial charge in [-0.25, -0.2) is 0 Å². The summed E-state index contributed by atoms with van der Waals surface area (Å²) in [5.41, 5.74) is 17.8. The first-order chi connectivity index (χ1) is 32.8. The first-order valence-electron chi connectivity index (χ1n) is 23.4. The van der Waals surface area contributed by atoms with Crippen LogP contribution in [0.15, 0.2) is 35.3 Å². The second-order valence-corrected chi connectivity index (χ2v) is 18.2. The fourth-order valence-corrected chi connectivity index (χ4v) is 7.13. The second-order valence-electron chi connectivity index (χ2n) is 18.2. The van der Waals surface area contributed by atoms with Crippen LogP contribution in [0.2, 0.25) is 0 Å². The van der Waals surface area contributed by atoms with Gasteiger partial charge in [0.05, 0.1) is 31.4 Å². The van der Waals surface area contributed by atoms with Gasteiger partial charge in [-0.05, 0) is 56.4 Å². The minimum absolute atomic E-state index is 0.0102. The third-order valence-electron chi connectivity index (χ3n) is 11.5. The molecule has 0 aromatic heterocycles. The predicted molar refractivity (Wildman–Crippen MR) is 256 cm³/mol. The summed E-state index contributed by atoms with van der Waals surface area (Å²) in [6.45, 7) is 10.8. The molecule has 1 heterocycles. The minimum atomic E-state index is -1.75. The van der Waals surface area contributed by atoms with Gasteiger partial charge in [0.1, 0.15) is 48.3 Å². The number of nitrogens with one attached hydrogen (secondary N) is 9. The van der Waals surface area contributed by atoms with Crippen LogP contribution in [0.25, 0.3) is 0 Å². The Kier molecular flexibility index (Phi) is 24.6. The molecule has 25 nitrogen and oxygen atoms in total. The van der Waals surface area contributed by atoms with Gasteiger partial charge < -0.3 is 80.4 Å². The molecular weight excluding hydrogens is 915 g/mol. The molecule has 0 bridgehead atoms. The number of rotatable bonds is 13. The maximum Gasteiger partial charge on any atom is 0.245 e. The average molecular weight is 990 g/mol. The zero-order chi connectivity index (χ0) is 53.0. The van der Waals surface area contributed by atoms with Crippen LogP contribution in [0.3, 0.4) is 0 Å². The van der Waals surface area contributed by atoms with Crippen LogP contribution in [-0.2, 0) is 43.2 Å². The second kappa shape index (κ2) is 28.9. The summed E-state index contributed by atoms with van der Waals surface area (Å²) in [5, 5.41) is 54.4. The van der Waals surface area contributed by atoms with Gasteiger partial charge >= 0.3 is 0 Å². The van der Waals surface area contributed by atoms with E-state index in [1.54, 1.807) is 59.7 Å². The standard InChI is InChI=1S/C45H75N13O12/c1-9-23(6)32-43(69)56-33(25(8)60)42(68)50-19-30(61)51-24(7)37(63)54-29(20-59)40(66)57-34(26-14-11-10-12-15-26)31(46)41(67)58-35(36(62)22(4)5)44(70)53-28(18-21(2)3)39(65)52-27(38(64)55-32)16-13-17-49-45(47)48/h10-12,14-15,21-25,27-29,31-36,59-60,62H,9,13,16-20,46H2,1-8H3,(H,50,68)(H,51,61)(H,52,65)(H,53,70)(H,54,63)(H,55,64)(H,56,69)(H,57,66)(H,58,67)(H4,47,48,49)/t23-,24?,25-,27+,28-,29-,31-,32-,33-,34+,35-,36+/m0/s1. The molecule has 9 amide bonds. The Balaban J connectivity index is 2.77. The van der Waals surface area contributed by atoms with E-state index >= 15 is 0 Å². The Labute approximate surface area is 407 Å². The molecule has 0 aliphatic carbocycles. The normalized spacial score (nSPS) is 27.1. The van der Waals surface area contributed by atoms with Gasteiger partial charge in [0, 0.05) is 6.54 Å². The fraction of sp³-hybridized carbons (Fsp3) is 0.644. The molecule has 392 valence electrons. The molecule has 0 radical (unpaired) electrons. The molecule has 12 atom stereocenters. The molecule has 1 saturated heterocycles. The molecule has 18 N–H and O–H groups in total. The van der Waals surface area contributed by atoms with E-state index in [4.69, 9.17) is 17.2 Å². The third-order valence-corrected chi connectivity index (χ3v) is 11.5. The van der Waals surface area contributed by atoms with Crippen molar-refractivity contribution in [1.29, 1.82) is 0 Å². The number of aliphatic hydroxyl groups excluding tert-OH is 3. The Morgan fingerprint density at radius 2 is 1.21 bits per heavy atom. The molecule has 1 aromatic carbocycles. The van der Waals surface area contributed by atoms with Crippen molar-refractivity contribution in [3.63, 3.8) is 0 Å². The van der Waals surface area contributed by atoms with Gasteiger partial charge in [-0.3, -0.25) is 48.1 Å². The molecular formula is C45H75N13O12. The number of hydrogen-bond acceptors (Lipinski definition) is 14. The fourth-order valence-electron chi connectivity index (χ4n) is 7.13. The maximum atomic E-state index is 14.3. The van der Waals surface area contributed by atoms with Gasteiger partial charge in [-0.1, -0.05) is 78.3 Å². The Morgan fingerprint density at radius 1 is 0.671 bits per heavy atom. The Bertz CT molecular complexity index is 1980. The van der Waals surface area contributed by atoms with E-state index in [-0.39, 0.29) is 43.2 Å². The number of amides is 9. The zero-order valence-electron chi connectivity index (χ0n) is 41.1. The van der Waals surface area contributed by atoms with Crippen LogP contribution in [0, 0.1) is 17.8 Å². The van der Waals surface area contributed by atoms with Crippen molar-refractivity contribution in [3.8, 4) is 0 Å². The molecule has 0 saturated carbocycles. The van der Waals surface area contributed by atoms with Crippen LogP contribution in [0.1, 0.15) is 92.7 Å². The monoisotopic (exact) mass is 990 g/mol. The van der Waals surface area contributed by atoms with Crippen LogP contribution in [0.5, 0.6) is 0 Å². The largest absolute Gasteiger partial charge is 0.394 e. The van der Waals surface area contributed by atoms with E-state index in [9.17, 15) is 58.5 Å². The Hall–Kier alpha value is -6.44. The van der Waals surface area contributed by atoms with Gasteiger partial charge in [0.25, 0.3) is 0 Å². The molecule has 0 spiro atoms. The average Bonchev–Trinajstić information content (AvgIpc) is 3.30. The Morgan fingerprint density at radius 3 is 1.77 bits per heavy atom. The predicted octanol–water partition coefficient (Wildman–Crippen LogP) is -4.75. The lowest BCUT2D eigenvalue weighted by molar-refractivity contribution is -0.138. The van der Waals surface area contributed by atoms with Crippen LogP contribution in [0.4, 0.5) is 0 Å². The molecule has 1 aromatic rings. The van der Waals surface area contributed by atoms with Crippen molar-refractivity contribution in [2.75, 3.05) is 19.7 Å². The number of carbonyl (C=O) groups excluding carboxylic acids is 9. The van der Waals surface area contributed by atoms with Crippen LogP contribution >= 0.6 is 0 Å². The number of carbonyl (C=O) groups is 9. The number of nitrogens with zero attached hydrogens (tertiary/aromatic N) is 1. The highest BCUT2D eigenvalue weighted by Gasteiger charge is 2.39. The van der Waals surface area contributed by atoms with E-state index in [0.717, 1.165) is 0 Å². The van der Waals surface area contributed by atoms with Crippen molar-refractivity contribution in [2.45, 2.75) is 148 Å². The lowest BCUT2D eigenvalue weighted by Gasteiger charge is -2.32. The molecule has 1 aliphatic rings. The van der Waals surface area contributed by atoms with Crippen LogP contribution < -0.4 is 65.1 Å². The number of guanidine groups is 1. The highest BCUT2D eigenvalue weighted by atomic mass is 16.3. The molecule has 1 aliphatic heterocycles. The number of hydrogen-bond donors (Lipinski definition) is 15. The van der Waals surface area contributed by atoms with E-state index < -0.39 is 145 Å². The molecule has 70 heavy (non-hydrogen) atoms. The molecule has 2 rings (SSSR count). The topological polar surface area (TPSA) is 413 Å². The summed E-state index contributed by atoms with van der Waals surface area (Å²) in [4.78, 5) is 128. The SMILES string of the molecule is CC[C@H](C)[C@@H]1NC(=O)[C@@H](CCCN=C(N)N)NC(=O)[C@H](CC(C)C)NC(=O)[C@H]([C@H](O)C(C)C)NC(=O)[C@@H](N)[C@@H](c2ccccc2)NC(=O)[C@H](CO)NC(=O)C(C)NC(=O)CNC(=O)[C@H]([C@H](C)O)NC1=O. The lowest BCUT2D eigenvalue weighted by atomic mass is 9.95. The minimum Gasteiger partial charge on any atom is -0.394 e. The number of nitrogens with two attached hydrogens (primary N) is 3. The summed E-state index contributed by atoms with van der Waals surface area (Å²) in [7, 11) is 0. The summed E-state index contributed by atoms with van der Waals surface area (Å²) in [5.74, 6) is -10.3. The van der Waals surface area contributed by atoms with E-state index in [2.05, 4.69) is 52.8 Å². The van der Waals surface area contributed by atoms with Crippen molar-refractivity contribution in [3.05, 3.63) is 35.9 Å². The highest BCUT2D eigenvalue weighted by Crippen LogP contribution is 2.18. The van der Waals surface area contributed by atoms with E-state index in [0.29, 0.717) is 6.42 Å². The molecule has 1 fully saturated rings. The van der Waals surface area contributed by atoms with Crippen molar-refractivity contribution in [1.82, 2.24) is 47.9 Å². The third kappa shape index (κ3) is 18.8. The van der Waals surface area contributed by atoms with Gasteiger partial charge in [-0.2, -0.15) is 0 Å². The quantitative estimate of drug-likeness (QED) is 0.0501. The smallest absolute Gasteiger partial charge is 0.245 e. The lowest BCUT2D eigenvalue weighted by Crippen LogP contribution is -2.63.